The zero-order chi connectivity index (χ0) is 21.3. The molecule has 1 unspecified atom stereocenters. The minimum absolute atomic E-state index is 0.138. The minimum atomic E-state index is -0.537. The summed E-state index contributed by atoms with van der Waals surface area (Å²) >= 11 is 3.54. The van der Waals surface area contributed by atoms with Gasteiger partial charge in [0.15, 0.2) is 6.29 Å². The lowest BCUT2D eigenvalue weighted by molar-refractivity contribution is -0.113. The molecule has 0 saturated carbocycles. The van der Waals surface area contributed by atoms with Crippen molar-refractivity contribution in [3.8, 4) is 17.0 Å². The molecule has 1 atom stereocenters. The number of ether oxygens (including phenoxy) is 3. The molecule has 1 aromatic heterocycles. The number of nitrogens with zero attached hydrogens (tertiary/aromatic N) is 2. The van der Waals surface area contributed by atoms with Gasteiger partial charge < -0.3 is 19.1 Å². The summed E-state index contributed by atoms with van der Waals surface area (Å²) in [6.45, 7) is 0.285. The number of methoxy groups -OCH3 is 3. The van der Waals surface area contributed by atoms with Crippen molar-refractivity contribution in [3.63, 3.8) is 0 Å². The van der Waals surface area contributed by atoms with Crippen LogP contribution in [-0.2, 0) is 9.47 Å². The van der Waals surface area contributed by atoms with Crippen molar-refractivity contribution in [2.24, 2.45) is 0 Å². The van der Waals surface area contributed by atoms with E-state index in [0.717, 1.165) is 32.6 Å². The molecule has 1 N–H and O–H groups in total. The molecule has 1 amide bonds. The van der Waals surface area contributed by atoms with Crippen LogP contribution in [0, 0.1) is 0 Å². The molecule has 0 spiro atoms. The highest BCUT2D eigenvalue weighted by molar-refractivity contribution is 9.10. The molecule has 0 aliphatic carbocycles. The fraction of sp³-hybridized carbons (Fsp3) is 0.273. The summed E-state index contributed by atoms with van der Waals surface area (Å²) in [6.07, 6.45) is -0.537. The van der Waals surface area contributed by atoms with Gasteiger partial charge in [-0.05, 0) is 42.0 Å². The summed E-state index contributed by atoms with van der Waals surface area (Å²) < 4.78 is 16.9. The van der Waals surface area contributed by atoms with Crippen LogP contribution in [0.15, 0.2) is 53.0 Å². The van der Waals surface area contributed by atoms with E-state index in [1.165, 1.54) is 0 Å². The summed E-state index contributed by atoms with van der Waals surface area (Å²) in [5.74, 6) is 0.622. The number of carbonyl (C=O) groups is 1. The van der Waals surface area contributed by atoms with E-state index in [2.05, 4.69) is 26.1 Å². The van der Waals surface area contributed by atoms with E-state index in [1.54, 1.807) is 26.2 Å². The van der Waals surface area contributed by atoms with E-state index in [0.29, 0.717) is 5.69 Å². The molecule has 0 bridgehead atoms. The Balaban J connectivity index is 1.83. The first-order chi connectivity index (χ1) is 14.6. The van der Waals surface area contributed by atoms with Gasteiger partial charge in [-0.25, -0.2) is 0 Å². The third-order valence-corrected chi connectivity index (χ3v) is 5.76. The van der Waals surface area contributed by atoms with Crippen molar-refractivity contribution < 1.29 is 19.0 Å². The SMILES string of the molecule is COc1ccc(-c2n[nH]c3c2C(c2cccc(Br)c2)N(CC(OC)OC)C3=O)cc1. The third kappa shape index (κ3) is 3.62. The van der Waals surface area contributed by atoms with E-state index in [1.807, 2.05) is 48.5 Å². The number of amides is 1. The predicted octanol–water partition coefficient (Wildman–Crippen LogP) is 4.01. The number of hydrogen-bond donors (Lipinski definition) is 1. The third-order valence-electron chi connectivity index (χ3n) is 5.26. The van der Waals surface area contributed by atoms with Crippen molar-refractivity contribution in [3.05, 3.63) is 69.8 Å². The lowest BCUT2D eigenvalue weighted by atomic mass is 9.96. The maximum Gasteiger partial charge on any atom is 0.273 e. The van der Waals surface area contributed by atoms with Crippen LogP contribution in [0.2, 0.25) is 0 Å². The number of rotatable bonds is 7. The Bertz CT molecular complexity index is 1050. The lowest BCUT2D eigenvalue weighted by Crippen LogP contribution is -2.38. The Labute approximate surface area is 183 Å². The molecule has 1 aliphatic heterocycles. The first-order valence-corrected chi connectivity index (χ1v) is 10.2. The van der Waals surface area contributed by atoms with E-state index in [9.17, 15) is 4.79 Å². The van der Waals surface area contributed by atoms with Gasteiger partial charge >= 0.3 is 0 Å². The van der Waals surface area contributed by atoms with Crippen LogP contribution < -0.4 is 4.74 Å². The second-order valence-electron chi connectivity index (χ2n) is 6.91. The van der Waals surface area contributed by atoms with Crippen LogP contribution in [0.25, 0.3) is 11.3 Å². The van der Waals surface area contributed by atoms with Crippen molar-refractivity contribution >= 4 is 21.8 Å². The Morgan fingerprint density at radius 1 is 1.13 bits per heavy atom. The van der Waals surface area contributed by atoms with E-state index < -0.39 is 6.29 Å². The molecule has 8 heteroatoms. The molecule has 0 radical (unpaired) electrons. The summed E-state index contributed by atoms with van der Waals surface area (Å²) in [7, 11) is 4.75. The molecule has 2 heterocycles. The van der Waals surface area contributed by atoms with Crippen molar-refractivity contribution in [2.75, 3.05) is 27.9 Å². The average Bonchev–Trinajstić information content (AvgIpc) is 3.31. The Hall–Kier alpha value is -2.68. The Kier molecular flexibility index (Phi) is 5.90. The number of aromatic amines is 1. The fourth-order valence-corrected chi connectivity index (χ4v) is 4.20. The first-order valence-electron chi connectivity index (χ1n) is 9.42. The number of nitrogens with one attached hydrogen (secondary N) is 1. The van der Waals surface area contributed by atoms with E-state index in [-0.39, 0.29) is 18.5 Å². The normalized spacial score (nSPS) is 15.7. The number of hydrogen-bond acceptors (Lipinski definition) is 5. The van der Waals surface area contributed by atoms with Crippen LogP contribution >= 0.6 is 15.9 Å². The van der Waals surface area contributed by atoms with Gasteiger partial charge in [0.1, 0.15) is 11.4 Å². The van der Waals surface area contributed by atoms with Crippen LogP contribution in [0.1, 0.15) is 27.7 Å². The molecule has 3 aromatic rings. The second-order valence-corrected chi connectivity index (χ2v) is 7.82. The summed E-state index contributed by atoms with van der Waals surface area (Å²) in [4.78, 5) is 15.0. The van der Waals surface area contributed by atoms with Gasteiger partial charge in [-0.3, -0.25) is 9.89 Å². The van der Waals surface area contributed by atoms with Gasteiger partial charge in [0.25, 0.3) is 5.91 Å². The number of benzene rings is 2. The first kappa shape index (κ1) is 20.6. The summed E-state index contributed by atoms with van der Waals surface area (Å²) in [5.41, 5.74) is 3.93. The quantitative estimate of drug-likeness (QED) is 0.526. The lowest BCUT2D eigenvalue weighted by Gasteiger charge is -2.29. The largest absolute Gasteiger partial charge is 0.497 e. The highest BCUT2D eigenvalue weighted by Crippen LogP contribution is 2.43. The molecular weight excluding hydrogens is 450 g/mol. The van der Waals surface area contributed by atoms with Gasteiger partial charge in [-0.1, -0.05) is 28.1 Å². The average molecular weight is 472 g/mol. The maximum absolute atomic E-state index is 13.3. The standard InChI is InChI=1S/C22H22BrN3O4/c1-28-16-9-7-13(8-10-16)19-18-20(25-24-19)22(27)26(12-17(29-2)30-3)21(18)14-5-4-6-15(23)11-14/h4-11,17,21H,12H2,1-3H3,(H,24,25). The van der Waals surface area contributed by atoms with Gasteiger partial charge in [0, 0.05) is 29.8 Å². The molecule has 1 aliphatic rings. The zero-order valence-corrected chi connectivity index (χ0v) is 18.5. The molecule has 7 nitrogen and oxygen atoms in total. The van der Waals surface area contributed by atoms with Crippen molar-refractivity contribution in [2.45, 2.75) is 12.3 Å². The molecule has 4 rings (SSSR count). The van der Waals surface area contributed by atoms with Crippen LogP contribution in [0.5, 0.6) is 5.75 Å². The molecule has 0 fully saturated rings. The number of halogens is 1. The fourth-order valence-electron chi connectivity index (χ4n) is 3.78. The highest BCUT2D eigenvalue weighted by atomic mass is 79.9. The Morgan fingerprint density at radius 3 is 2.50 bits per heavy atom. The van der Waals surface area contributed by atoms with Crippen LogP contribution in [0.4, 0.5) is 0 Å². The number of H-pyrrole nitrogens is 1. The second kappa shape index (κ2) is 8.59. The van der Waals surface area contributed by atoms with Gasteiger partial charge in [0.2, 0.25) is 0 Å². The van der Waals surface area contributed by atoms with Crippen molar-refractivity contribution in [1.29, 1.82) is 0 Å². The van der Waals surface area contributed by atoms with Crippen LogP contribution in [0.3, 0.4) is 0 Å². The maximum atomic E-state index is 13.3. The monoisotopic (exact) mass is 471 g/mol. The number of aromatic nitrogens is 2. The van der Waals surface area contributed by atoms with Crippen LogP contribution in [-0.4, -0.2) is 55.2 Å². The van der Waals surface area contributed by atoms with Gasteiger partial charge in [-0.2, -0.15) is 5.10 Å². The Morgan fingerprint density at radius 2 is 1.87 bits per heavy atom. The topological polar surface area (TPSA) is 76.7 Å². The van der Waals surface area contributed by atoms with E-state index >= 15 is 0 Å². The summed E-state index contributed by atoms with van der Waals surface area (Å²) in [5, 5.41) is 7.43. The molecule has 0 saturated heterocycles. The minimum Gasteiger partial charge on any atom is -0.497 e. The zero-order valence-electron chi connectivity index (χ0n) is 16.9. The highest BCUT2D eigenvalue weighted by Gasteiger charge is 2.43. The van der Waals surface area contributed by atoms with Gasteiger partial charge in [-0.15, -0.1) is 0 Å². The molecular formula is C22H22BrN3O4. The number of fused-ring (bicyclic) bond motifs is 1. The molecule has 2 aromatic carbocycles. The van der Waals surface area contributed by atoms with Crippen molar-refractivity contribution in [1.82, 2.24) is 15.1 Å². The molecule has 30 heavy (non-hydrogen) atoms. The smallest absolute Gasteiger partial charge is 0.273 e. The summed E-state index contributed by atoms with van der Waals surface area (Å²) in [6, 6.07) is 15.2. The molecule has 156 valence electrons. The number of carbonyl (C=O) groups excluding carboxylic acids is 1. The van der Waals surface area contributed by atoms with Gasteiger partial charge in [0.05, 0.1) is 25.4 Å². The van der Waals surface area contributed by atoms with E-state index in [4.69, 9.17) is 14.2 Å². The predicted molar refractivity (Wildman–Crippen MR) is 115 cm³/mol.